The quantitative estimate of drug-likeness (QED) is 0.883. The zero-order valence-corrected chi connectivity index (χ0v) is 9.18. The van der Waals surface area contributed by atoms with E-state index in [1.807, 2.05) is 6.92 Å². The van der Waals surface area contributed by atoms with Gasteiger partial charge in [0.25, 0.3) is 5.89 Å². The molecule has 5 nitrogen and oxygen atoms in total. The van der Waals surface area contributed by atoms with Gasteiger partial charge in [0, 0.05) is 12.7 Å². The number of hydrogen-bond donors (Lipinski definition) is 1. The van der Waals surface area contributed by atoms with Crippen molar-refractivity contribution in [1.82, 2.24) is 10.1 Å². The molecule has 0 unspecified atom stereocenters. The van der Waals surface area contributed by atoms with Crippen LogP contribution in [0.15, 0.2) is 22.7 Å². The minimum atomic E-state index is -0.614. The van der Waals surface area contributed by atoms with Crippen molar-refractivity contribution in [3.63, 3.8) is 0 Å². The van der Waals surface area contributed by atoms with Crippen molar-refractivity contribution < 1.29 is 18.8 Å². The summed E-state index contributed by atoms with van der Waals surface area (Å²) in [6.07, 6.45) is 0. The second kappa shape index (κ2) is 4.92. The van der Waals surface area contributed by atoms with Crippen LogP contribution < -0.4 is 0 Å². The number of aromatic nitrogens is 2. The number of phenols is 1. The Bertz CT molecular complexity index is 513. The molecule has 0 saturated heterocycles. The van der Waals surface area contributed by atoms with Crippen molar-refractivity contribution in [2.45, 2.75) is 13.5 Å². The molecule has 17 heavy (non-hydrogen) atoms. The van der Waals surface area contributed by atoms with Gasteiger partial charge in [-0.15, -0.1) is 0 Å². The first-order valence-electron chi connectivity index (χ1n) is 5.10. The Balaban J connectivity index is 2.24. The second-order valence-corrected chi connectivity index (χ2v) is 3.32. The smallest absolute Gasteiger partial charge is 0.260 e. The van der Waals surface area contributed by atoms with Crippen LogP contribution in [-0.4, -0.2) is 21.9 Å². The van der Waals surface area contributed by atoms with Gasteiger partial charge < -0.3 is 14.4 Å². The minimum Gasteiger partial charge on any atom is -0.508 e. The molecule has 0 saturated carbocycles. The fourth-order valence-electron chi connectivity index (χ4n) is 1.29. The largest absolute Gasteiger partial charge is 0.508 e. The number of aromatic hydroxyl groups is 1. The number of halogens is 1. The van der Waals surface area contributed by atoms with E-state index in [9.17, 15) is 4.39 Å². The Labute approximate surface area is 96.8 Å². The van der Waals surface area contributed by atoms with Gasteiger partial charge in [0.15, 0.2) is 5.82 Å². The molecule has 0 spiro atoms. The van der Waals surface area contributed by atoms with Gasteiger partial charge in [0.2, 0.25) is 0 Å². The van der Waals surface area contributed by atoms with Gasteiger partial charge in [-0.1, -0.05) is 5.16 Å². The molecule has 0 bridgehead atoms. The number of phenolic OH excluding ortho intramolecular Hbond substituents is 1. The molecule has 0 atom stereocenters. The summed E-state index contributed by atoms with van der Waals surface area (Å²) in [4.78, 5) is 3.98. The highest BCUT2D eigenvalue weighted by Crippen LogP contribution is 2.24. The van der Waals surface area contributed by atoms with Crippen LogP contribution in [0.25, 0.3) is 11.5 Å². The summed E-state index contributed by atoms with van der Waals surface area (Å²) < 4.78 is 23.5. The SMILES string of the molecule is CCOCc1noc(-c2ccc(O)cc2F)n1. The van der Waals surface area contributed by atoms with E-state index in [-0.39, 0.29) is 23.8 Å². The monoisotopic (exact) mass is 238 g/mol. The van der Waals surface area contributed by atoms with Crippen LogP contribution in [0.3, 0.4) is 0 Å². The van der Waals surface area contributed by atoms with Crippen LogP contribution in [0, 0.1) is 5.82 Å². The van der Waals surface area contributed by atoms with Gasteiger partial charge in [-0.2, -0.15) is 4.98 Å². The first-order chi connectivity index (χ1) is 8.20. The van der Waals surface area contributed by atoms with E-state index in [1.165, 1.54) is 12.1 Å². The van der Waals surface area contributed by atoms with E-state index in [0.29, 0.717) is 12.4 Å². The molecule has 1 heterocycles. The maximum atomic E-state index is 13.5. The number of rotatable bonds is 4. The van der Waals surface area contributed by atoms with Crippen molar-refractivity contribution in [3.05, 3.63) is 29.8 Å². The molecule has 0 fully saturated rings. The van der Waals surface area contributed by atoms with E-state index in [0.717, 1.165) is 6.07 Å². The summed E-state index contributed by atoms with van der Waals surface area (Å²) >= 11 is 0. The predicted octanol–water partition coefficient (Wildman–Crippen LogP) is 2.12. The van der Waals surface area contributed by atoms with Crippen LogP contribution in [0.4, 0.5) is 4.39 Å². The van der Waals surface area contributed by atoms with Gasteiger partial charge >= 0.3 is 0 Å². The summed E-state index contributed by atoms with van der Waals surface area (Å²) in [6, 6.07) is 3.72. The molecule has 1 aromatic heterocycles. The number of hydrogen-bond acceptors (Lipinski definition) is 5. The van der Waals surface area contributed by atoms with Crippen LogP contribution in [0.2, 0.25) is 0 Å². The molecule has 1 aromatic carbocycles. The van der Waals surface area contributed by atoms with Gasteiger partial charge in [0.05, 0.1) is 5.56 Å². The number of benzene rings is 1. The zero-order valence-electron chi connectivity index (χ0n) is 9.18. The number of nitrogens with zero attached hydrogens (tertiary/aromatic N) is 2. The summed E-state index contributed by atoms with van der Waals surface area (Å²) in [5, 5.41) is 12.7. The summed E-state index contributed by atoms with van der Waals surface area (Å²) in [7, 11) is 0. The topological polar surface area (TPSA) is 68.4 Å². The third-order valence-corrected chi connectivity index (χ3v) is 2.09. The number of ether oxygens (including phenoxy) is 1. The Kier molecular flexibility index (Phi) is 3.34. The maximum Gasteiger partial charge on any atom is 0.260 e. The van der Waals surface area contributed by atoms with E-state index in [4.69, 9.17) is 14.4 Å². The average molecular weight is 238 g/mol. The second-order valence-electron chi connectivity index (χ2n) is 3.32. The van der Waals surface area contributed by atoms with Crippen molar-refractivity contribution in [1.29, 1.82) is 0 Å². The highest BCUT2D eigenvalue weighted by molar-refractivity contribution is 5.55. The molecule has 0 amide bonds. The molecular formula is C11H11FN2O3. The van der Waals surface area contributed by atoms with Crippen LogP contribution in [0.1, 0.15) is 12.7 Å². The van der Waals surface area contributed by atoms with Crippen LogP contribution in [0.5, 0.6) is 5.75 Å². The first-order valence-corrected chi connectivity index (χ1v) is 5.10. The van der Waals surface area contributed by atoms with E-state index < -0.39 is 5.82 Å². The lowest BCUT2D eigenvalue weighted by atomic mass is 10.2. The fraction of sp³-hybridized carbons (Fsp3) is 0.273. The molecule has 1 N–H and O–H groups in total. The lowest BCUT2D eigenvalue weighted by Gasteiger charge is -1.97. The molecule has 2 rings (SSSR count). The minimum absolute atomic E-state index is 0.0669. The Hall–Kier alpha value is -1.95. The standard InChI is InChI=1S/C11H11FN2O3/c1-2-16-6-10-13-11(17-14-10)8-4-3-7(15)5-9(8)12/h3-5,15H,2,6H2,1H3. The third kappa shape index (κ3) is 2.59. The van der Waals surface area contributed by atoms with Gasteiger partial charge in [-0.3, -0.25) is 0 Å². The summed E-state index contributed by atoms with van der Waals surface area (Å²) in [5.74, 6) is -0.344. The Morgan fingerprint density at radius 2 is 2.29 bits per heavy atom. The summed E-state index contributed by atoms with van der Waals surface area (Å²) in [5.41, 5.74) is 0.151. The fourth-order valence-corrected chi connectivity index (χ4v) is 1.29. The Morgan fingerprint density at radius 1 is 1.47 bits per heavy atom. The lowest BCUT2D eigenvalue weighted by molar-refractivity contribution is 0.126. The Morgan fingerprint density at radius 3 is 3.00 bits per heavy atom. The molecular weight excluding hydrogens is 227 g/mol. The van der Waals surface area contributed by atoms with Crippen molar-refractivity contribution in [2.24, 2.45) is 0 Å². The first kappa shape index (κ1) is 11.5. The van der Waals surface area contributed by atoms with Gasteiger partial charge in [-0.25, -0.2) is 4.39 Å². The lowest BCUT2D eigenvalue weighted by Crippen LogP contribution is -1.93. The molecule has 0 aliphatic rings. The molecule has 0 aliphatic heterocycles. The molecule has 2 aromatic rings. The van der Waals surface area contributed by atoms with E-state index in [1.54, 1.807) is 0 Å². The third-order valence-electron chi connectivity index (χ3n) is 2.09. The predicted molar refractivity (Wildman–Crippen MR) is 56.7 cm³/mol. The molecule has 0 radical (unpaired) electrons. The molecule has 0 aliphatic carbocycles. The normalized spacial score (nSPS) is 10.7. The zero-order chi connectivity index (χ0) is 12.3. The van der Waals surface area contributed by atoms with Crippen molar-refractivity contribution in [2.75, 3.05) is 6.61 Å². The van der Waals surface area contributed by atoms with Crippen molar-refractivity contribution >= 4 is 0 Å². The average Bonchev–Trinajstić information content (AvgIpc) is 2.75. The van der Waals surface area contributed by atoms with Gasteiger partial charge in [0.1, 0.15) is 18.2 Å². The molecule has 90 valence electrons. The molecule has 6 heteroatoms. The van der Waals surface area contributed by atoms with E-state index >= 15 is 0 Å². The van der Waals surface area contributed by atoms with Crippen LogP contribution in [-0.2, 0) is 11.3 Å². The van der Waals surface area contributed by atoms with Crippen LogP contribution >= 0.6 is 0 Å². The van der Waals surface area contributed by atoms with Gasteiger partial charge in [-0.05, 0) is 19.1 Å². The highest BCUT2D eigenvalue weighted by atomic mass is 19.1. The maximum absolute atomic E-state index is 13.5. The summed E-state index contributed by atoms with van der Waals surface area (Å²) in [6.45, 7) is 2.61. The van der Waals surface area contributed by atoms with E-state index in [2.05, 4.69) is 10.1 Å². The van der Waals surface area contributed by atoms with Crippen molar-refractivity contribution in [3.8, 4) is 17.2 Å². The highest BCUT2D eigenvalue weighted by Gasteiger charge is 2.13.